The Bertz CT molecular complexity index is 658. The van der Waals surface area contributed by atoms with E-state index >= 15 is 0 Å². The molecule has 3 rings (SSSR count). The van der Waals surface area contributed by atoms with E-state index in [1.807, 2.05) is 0 Å². The van der Waals surface area contributed by atoms with E-state index in [4.69, 9.17) is 0 Å². The molecule has 2 N–H and O–H groups in total. The molecule has 2 aromatic heterocycles. The highest BCUT2D eigenvalue weighted by molar-refractivity contribution is 5.98. The van der Waals surface area contributed by atoms with E-state index in [0.29, 0.717) is 18.4 Å². The second kappa shape index (κ2) is 4.08. The van der Waals surface area contributed by atoms with Crippen molar-refractivity contribution in [3.8, 4) is 0 Å². The number of aliphatic carboxylic acids is 1. The first-order valence-electron chi connectivity index (χ1n) is 6.09. The van der Waals surface area contributed by atoms with Crippen molar-refractivity contribution in [2.24, 2.45) is 0 Å². The third-order valence-electron chi connectivity index (χ3n) is 3.62. The van der Waals surface area contributed by atoms with E-state index < -0.39 is 11.5 Å². The fraction of sp³-hybridized carbons (Fsp3) is 0.308. The van der Waals surface area contributed by atoms with Gasteiger partial charge < -0.3 is 14.8 Å². The first-order chi connectivity index (χ1) is 9.11. The zero-order chi connectivity index (χ0) is 13.5. The highest BCUT2D eigenvalue weighted by atomic mass is 16.4. The Hall–Kier alpha value is -2.37. The number of hydrogen-bond donors (Lipinski definition) is 2. The molecule has 6 heteroatoms. The average molecular weight is 259 g/mol. The fourth-order valence-corrected chi connectivity index (χ4v) is 2.27. The first-order valence-corrected chi connectivity index (χ1v) is 6.09. The molecule has 1 aliphatic carbocycles. The molecule has 19 heavy (non-hydrogen) atoms. The molecule has 0 bridgehead atoms. The molecule has 1 saturated carbocycles. The van der Waals surface area contributed by atoms with Crippen LogP contribution in [0.3, 0.4) is 0 Å². The summed E-state index contributed by atoms with van der Waals surface area (Å²) in [5.74, 6) is -1.33. The quantitative estimate of drug-likeness (QED) is 0.863. The van der Waals surface area contributed by atoms with Crippen molar-refractivity contribution < 1.29 is 14.7 Å². The van der Waals surface area contributed by atoms with E-state index in [1.165, 1.54) is 0 Å². The minimum atomic E-state index is -1.08. The second-order valence-electron chi connectivity index (χ2n) is 4.81. The van der Waals surface area contributed by atoms with Crippen LogP contribution in [0.1, 0.15) is 29.6 Å². The van der Waals surface area contributed by atoms with E-state index in [1.54, 1.807) is 35.1 Å². The predicted molar refractivity (Wildman–Crippen MR) is 66.9 cm³/mol. The van der Waals surface area contributed by atoms with Gasteiger partial charge in [-0.05, 0) is 31.4 Å². The van der Waals surface area contributed by atoms with Crippen LogP contribution in [0, 0.1) is 0 Å². The molecule has 0 aromatic carbocycles. The Balaban J connectivity index is 1.85. The molecule has 98 valence electrons. The lowest BCUT2D eigenvalue weighted by molar-refractivity contribution is -0.148. The molecule has 1 fully saturated rings. The van der Waals surface area contributed by atoms with Crippen LogP contribution < -0.4 is 5.32 Å². The van der Waals surface area contributed by atoms with Gasteiger partial charge in [-0.2, -0.15) is 0 Å². The van der Waals surface area contributed by atoms with Crippen LogP contribution in [0.25, 0.3) is 5.65 Å². The van der Waals surface area contributed by atoms with Crippen LogP contribution in [-0.4, -0.2) is 31.9 Å². The largest absolute Gasteiger partial charge is 0.480 e. The van der Waals surface area contributed by atoms with Crippen molar-refractivity contribution >= 4 is 17.5 Å². The topological polar surface area (TPSA) is 83.7 Å². The summed E-state index contributed by atoms with van der Waals surface area (Å²) in [4.78, 5) is 27.4. The molecule has 6 nitrogen and oxygen atoms in total. The SMILES string of the molecule is O=C(NC1(C(=O)O)CCC1)c1ccc2nccn2c1. The highest BCUT2D eigenvalue weighted by Gasteiger charge is 2.45. The minimum Gasteiger partial charge on any atom is -0.480 e. The Labute approximate surface area is 109 Å². The summed E-state index contributed by atoms with van der Waals surface area (Å²) >= 11 is 0. The van der Waals surface area contributed by atoms with Gasteiger partial charge in [0.05, 0.1) is 5.56 Å². The fourth-order valence-electron chi connectivity index (χ4n) is 2.27. The van der Waals surface area contributed by atoms with Crippen LogP contribution in [0.5, 0.6) is 0 Å². The number of carbonyl (C=O) groups is 2. The summed E-state index contributed by atoms with van der Waals surface area (Å²) < 4.78 is 1.73. The highest BCUT2D eigenvalue weighted by Crippen LogP contribution is 2.32. The maximum atomic E-state index is 12.1. The Morgan fingerprint density at radius 3 is 2.79 bits per heavy atom. The summed E-state index contributed by atoms with van der Waals surface area (Å²) in [5.41, 5.74) is 0.0900. The van der Waals surface area contributed by atoms with E-state index in [9.17, 15) is 14.7 Å². The molecule has 0 radical (unpaired) electrons. The van der Waals surface area contributed by atoms with E-state index in [2.05, 4.69) is 10.3 Å². The minimum absolute atomic E-state index is 0.363. The zero-order valence-electron chi connectivity index (χ0n) is 10.2. The number of carboxylic acid groups (broad SMARTS) is 1. The Morgan fingerprint density at radius 1 is 1.37 bits per heavy atom. The number of nitrogens with one attached hydrogen (secondary N) is 1. The molecule has 2 heterocycles. The molecule has 0 atom stereocenters. The van der Waals surface area contributed by atoms with Gasteiger partial charge in [-0.3, -0.25) is 4.79 Å². The van der Waals surface area contributed by atoms with Crippen molar-refractivity contribution in [3.05, 3.63) is 36.3 Å². The number of imidazole rings is 1. The number of carbonyl (C=O) groups excluding carboxylic acids is 1. The van der Waals surface area contributed by atoms with Crippen molar-refractivity contribution in [1.29, 1.82) is 0 Å². The predicted octanol–water partition coefficient (Wildman–Crippen LogP) is 1.07. The molecule has 0 saturated heterocycles. The molecule has 0 aliphatic heterocycles. The normalized spacial score (nSPS) is 16.8. The third-order valence-corrected chi connectivity index (χ3v) is 3.62. The second-order valence-corrected chi connectivity index (χ2v) is 4.81. The van der Waals surface area contributed by atoms with Gasteiger partial charge in [-0.1, -0.05) is 0 Å². The summed E-state index contributed by atoms with van der Waals surface area (Å²) in [6.07, 6.45) is 6.83. The lowest BCUT2D eigenvalue weighted by Gasteiger charge is -2.38. The van der Waals surface area contributed by atoms with Gasteiger partial charge in [0, 0.05) is 18.6 Å². The summed E-state index contributed by atoms with van der Waals surface area (Å²) in [7, 11) is 0. The van der Waals surface area contributed by atoms with Gasteiger partial charge in [0.25, 0.3) is 5.91 Å². The number of fused-ring (bicyclic) bond motifs is 1. The molecule has 0 spiro atoms. The van der Waals surface area contributed by atoms with Gasteiger partial charge in [0.2, 0.25) is 0 Å². The van der Waals surface area contributed by atoms with Crippen molar-refractivity contribution in [2.45, 2.75) is 24.8 Å². The molecule has 2 aromatic rings. The number of rotatable bonds is 3. The summed E-state index contributed by atoms with van der Waals surface area (Å²) in [6.45, 7) is 0. The van der Waals surface area contributed by atoms with Crippen molar-refractivity contribution in [3.63, 3.8) is 0 Å². The molecular weight excluding hydrogens is 246 g/mol. The first kappa shape index (κ1) is 11.7. The maximum Gasteiger partial charge on any atom is 0.329 e. The standard InChI is InChI=1S/C13H13N3O3/c17-11(15-13(12(18)19)4-1-5-13)9-2-3-10-14-6-7-16(10)8-9/h2-3,6-8H,1,4-5H2,(H,15,17)(H,18,19). The lowest BCUT2D eigenvalue weighted by Crippen LogP contribution is -2.59. The maximum absolute atomic E-state index is 12.1. The molecule has 0 unspecified atom stereocenters. The lowest BCUT2D eigenvalue weighted by atomic mass is 9.76. The van der Waals surface area contributed by atoms with Crippen LogP contribution >= 0.6 is 0 Å². The van der Waals surface area contributed by atoms with Gasteiger partial charge in [0.1, 0.15) is 11.2 Å². The monoisotopic (exact) mass is 259 g/mol. The van der Waals surface area contributed by atoms with Crippen LogP contribution in [0.2, 0.25) is 0 Å². The third kappa shape index (κ3) is 1.85. The Kier molecular flexibility index (Phi) is 2.51. The van der Waals surface area contributed by atoms with Gasteiger partial charge in [-0.15, -0.1) is 0 Å². The molecule has 1 amide bonds. The van der Waals surface area contributed by atoms with Crippen molar-refractivity contribution in [1.82, 2.24) is 14.7 Å². The smallest absolute Gasteiger partial charge is 0.329 e. The number of carboxylic acids is 1. The number of amides is 1. The van der Waals surface area contributed by atoms with Gasteiger partial charge >= 0.3 is 5.97 Å². The Morgan fingerprint density at radius 2 is 2.16 bits per heavy atom. The molecular formula is C13H13N3O3. The summed E-state index contributed by atoms with van der Waals surface area (Å²) in [6, 6.07) is 3.37. The van der Waals surface area contributed by atoms with Crippen molar-refractivity contribution in [2.75, 3.05) is 0 Å². The molecule has 1 aliphatic rings. The van der Waals surface area contributed by atoms with Crippen LogP contribution in [0.4, 0.5) is 0 Å². The number of hydrogen-bond acceptors (Lipinski definition) is 3. The van der Waals surface area contributed by atoms with E-state index in [-0.39, 0.29) is 5.91 Å². The van der Waals surface area contributed by atoms with Crippen LogP contribution in [0.15, 0.2) is 30.7 Å². The average Bonchev–Trinajstić information content (AvgIpc) is 2.79. The zero-order valence-corrected chi connectivity index (χ0v) is 10.2. The van der Waals surface area contributed by atoms with Gasteiger partial charge in [0.15, 0.2) is 0 Å². The summed E-state index contributed by atoms with van der Waals surface area (Å²) in [5, 5.41) is 11.8. The van der Waals surface area contributed by atoms with Crippen LogP contribution in [-0.2, 0) is 4.79 Å². The number of aromatic nitrogens is 2. The number of nitrogens with zero attached hydrogens (tertiary/aromatic N) is 2. The van der Waals surface area contributed by atoms with Gasteiger partial charge in [-0.25, -0.2) is 9.78 Å². The van der Waals surface area contributed by atoms with E-state index in [0.717, 1.165) is 12.1 Å². The number of pyridine rings is 1.